The first-order valence-corrected chi connectivity index (χ1v) is 7.46. The van der Waals surface area contributed by atoms with Gasteiger partial charge in [-0.3, -0.25) is 4.79 Å². The number of Topliss-reactive ketones (excluding diaryl/α,β-unsaturated/α-hetero) is 1. The molecule has 2 aliphatic rings. The largest absolute Gasteiger partial charge is 0.493 e. The van der Waals surface area contributed by atoms with E-state index in [4.69, 9.17) is 9.47 Å². The van der Waals surface area contributed by atoms with Gasteiger partial charge in [0.1, 0.15) is 11.4 Å². The summed E-state index contributed by atoms with van der Waals surface area (Å²) in [6.45, 7) is 0.711. The Morgan fingerprint density at radius 1 is 1.47 bits per heavy atom. The lowest BCUT2D eigenvalue weighted by atomic mass is 9.75. The summed E-state index contributed by atoms with van der Waals surface area (Å²) in [7, 11) is 1.64. The molecule has 0 atom stereocenters. The third-order valence-electron chi connectivity index (χ3n) is 4.24. The van der Waals surface area contributed by atoms with Gasteiger partial charge >= 0.3 is 0 Å². The van der Waals surface area contributed by atoms with Gasteiger partial charge in [-0.25, -0.2) is 0 Å². The number of methoxy groups -OCH3 is 1. The minimum atomic E-state index is -0.534. The molecule has 3 rings (SSSR count). The number of carbonyl (C=O) groups excluding carboxylic acids is 1. The maximum Gasteiger partial charge on any atom is 0.169 e. The highest BCUT2D eigenvalue weighted by Gasteiger charge is 2.44. The van der Waals surface area contributed by atoms with Gasteiger partial charge in [0.25, 0.3) is 0 Å². The van der Waals surface area contributed by atoms with Crippen LogP contribution in [0, 0.1) is 0 Å². The van der Waals surface area contributed by atoms with Crippen LogP contribution in [0.15, 0.2) is 16.6 Å². The second kappa shape index (κ2) is 4.91. The summed E-state index contributed by atoms with van der Waals surface area (Å²) in [5.41, 5.74) is 1.64. The van der Waals surface area contributed by atoms with Crippen LogP contribution in [0.5, 0.6) is 5.75 Å². The number of ketones is 1. The Hall–Kier alpha value is -0.870. The average molecular weight is 325 g/mol. The molecule has 1 fully saturated rings. The van der Waals surface area contributed by atoms with Crippen molar-refractivity contribution in [3.8, 4) is 5.75 Å². The highest BCUT2D eigenvalue weighted by Crippen LogP contribution is 2.39. The summed E-state index contributed by atoms with van der Waals surface area (Å²) in [4.78, 5) is 12.5. The first-order chi connectivity index (χ1) is 9.14. The van der Waals surface area contributed by atoms with Crippen LogP contribution < -0.4 is 4.74 Å². The van der Waals surface area contributed by atoms with Crippen LogP contribution in [0.2, 0.25) is 0 Å². The minimum absolute atomic E-state index is 0.178. The van der Waals surface area contributed by atoms with E-state index in [1.807, 2.05) is 6.07 Å². The second-order valence-corrected chi connectivity index (χ2v) is 6.22. The zero-order chi connectivity index (χ0) is 13.5. The van der Waals surface area contributed by atoms with Gasteiger partial charge in [-0.1, -0.05) is 15.9 Å². The molecule has 1 aliphatic heterocycles. The maximum absolute atomic E-state index is 12.5. The highest BCUT2D eigenvalue weighted by atomic mass is 79.9. The van der Waals surface area contributed by atoms with E-state index < -0.39 is 5.60 Å². The van der Waals surface area contributed by atoms with E-state index in [0.717, 1.165) is 41.5 Å². The van der Waals surface area contributed by atoms with Crippen LogP contribution >= 0.6 is 15.9 Å². The summed E-state index contributed by atoms with van der Waals surface area (Å²) in [5, 5.41) is 0. The zero-order valence-electron chi connectivity index (χ0n) is 11.0. The van der Waals surface area contributed by atoms with Crippen LogP contribution in [0.3, 0.4) is 0 Å². The fraction of sp³-hybridized carbons (Fsp3) is 0.533. The Morgan fingerprint density at radius 3 is 2.89 bits per heavy atom. The lowest BCUT2D eigenvalue weighted by Crippen LogP contribution is -2.47. The molecule has 1 saturated carbocycles. The van der Waals surface area contributed by atoms with Crippen molar-refractivity contribution in [1.82, 2.24) is 0 Å². The summed E-state index contributed by atoms with van der Waals surface area (Å²) in [6, 6.07) is 4.07. The number of carbonyl (C=O) groups is 1. The molecular formula is C15H17BrO3. The summed E-state index contributed by atoms with van der Waals surface area (Å²) < 4.78 is 12.1. The molecule has 0 aromatic heterocycles. The molecule has 1 aliphatic carbocycles. The number of hydrogen-bond acceptors (Lipinski definition) is 3. The molecule has 3 nitrogen and oxygen atoms in total. The fourth-order valence-corrected chi connectivity index (χ4v) is 3.46. The number of rotatable bonds is 4. The average Bonchev–Trinajstić information content (AvgIpc) is 2.76. The van der Waals surface area contributed by atoms with Gasteiger partial charge in [0.05, 0.1) is 6.61 Å². The lowest BCUT2D eigenvalue weighted by Gasteiger charge is -2.39. The molecule has 4 heteroatoms. The standard InChI is InChI=1S/C15H17BrO3/c1-18-15(4-2-5-15)13(17)9-11-8-12(16)7-10-3-6-19-14(10)11/h7-8H,2-6,9H2,1H3. The van der Waals surface area contributed by atoms with Crippen molar-refractivity contribution in [2.45, 2.75) is 37.7 Å². The molecule has 102 valence electrons. The van der Waals surface area contributed by atoms with E-state index in [9.17, 15) is 4.79 Å². The molecule has 1 heterocycles. The summed E-state index contributed by atoms with van der Waals surface area (Å²) in [5.74, 6) is 1.08. The number of halogens is 1. The SMILES string of the molecule is COC1(C(=O)Cc2cc(Br)cc3c2OCC3)CCC1. The van der Waals surface area contributed by atoms with Crippen LogP contribution in [-0.4, -0.2) is 25.1 Å². The Morgan fingerprint density at radius 2 is 2.26 bits per heavy atom. The monoisotopic (exact) mass is 324 g/mol. The van der Waals surface area contributed by atoms with Crippen LogP contribution in [0.4, 0.5) is 0 Å². The molecule has 0 bridgehead atoms. The summed E-state index contributed by atoms with van der Waals surface area (Å²) >= 11 is 3.51. The van der Waals surface area contributed by atoms with E-state index in [1.54, 1.807) is 7.11 Å². The highest BCUT2D eigenvalue weighted by molar-refractivity contribution is 9.10. The van der Waals surface area contributed by atoms with Gasteiger partial charge in [-0.05, 0) is 37.0 Å². The predicted molar refractivity (Wildman–Crippen MR) is 75.6 cm³/mol. The van der Waals surface area contributed by atoms with Crippen molar-refractivity contribution in [1.29, 1.82) is 0 Å². The van der Waals surface area contributed by atoms with Crippen molar-refractivity contribution in [3.05, 3.63) is 27.7 Å². The predicted octanol–water partition coefficient (Wildman–Crippen LogP) is 3.06. The van der Waals surface area contributed by atoms with Crippen molar-refractivity contribution >= 4 is 21.7 Å². The van der Waals surface area contributed by atoms with Gasteiger partial charge in [0.2, 0.25) is 0 Å². The lowest BCUT2D eigenvalue weighted by molar-refractivity contribution is -0.151. The fourth-order valence-electron chi connectivity index (χ4n) is 2.91. The Bertz CT molecular complexity index is 515. The molecule has 1 aromatic rings. The molecule has 1 aromatic carbocycles. The molecule has 0 unspecified atom stereocenters. The van der Waals surface area contributed by atoms with Crippen molar-refractivity contribution in [2.75, 3.05) is 13.7 Å². The van der Waals surface area contributed by atoms with Crippen molar-refractivity contribution in [2.24, 2.45) is 0 Å². The van der Waals surface area contributed by atoms with Crippen LogP contribution in [0.25, 0.3) is 0 Å². The third-order valence-corrected chi connectivity index (χ3v) is 4.69. The van der Waals surface area contributed by atoms with E-state index in [-0.39, 0.29) is 5.78 Å². The van der Waals surface area contributed by atoms with E-state index in [2.05, 4.69) is 22.0 Å². The molecule has 0 amide bonds. The quantitative estimate of drug-likeness (QED) is 0.853. The minimum Gasteiger partial charge on any atom is -0.493 e. The van der Waals surface area contributed by atoms with Crippen molar-refractivity contribution < 1.29 is 14.3 Å². The van der Waals surface area contributed by atoms with Crippen LogP contribution in [0.1, 0.15) is 30.4 Å². The Labute approximate surface area is 121 Å². The smallest absolute Gasteiger partial charge is 0.169 e. The van der Waals surface area contributed by atoms with Gasteiger partial charge in [-0.2, -0.15) is 0 Å². The Kier molecular flexibility index (Phi) is 3.39. The number of benzene rings is 1. The van der Waals surface area contributed by atoms with Gasteiger partial charge in [0, 0.05) is 30.0 Å². The first-order valence-electron chi connectivity index (χ1n) is 6.67. The third kappa shape index (κ3) is 2.21. The number of hydrogen-bond donors (Lipinski definition) is 0. The molecule has 19 heavy (non-hydrogen) atoms. The van der Waals surface area contributed by atoms with Crippen LogP contribution in [-0.2, 0) is 22.4 Å². The number of fused-ring (bicyclic) bond motifs is 1. The van der Waals surface area contributed by atoms with Gasteiger partial charge in [0.15, 0.2) is 5.78 Å². The topological polar surface area (TPSA) is 35.5 Å². The van der Waals surface area contributed by atoms with E-state index in [0.29, 0.717) is 13.0 Å². The molecule has 0 radical (unpaired) electrons. The first kappa shape index (κ1) is 13.1. The maximum atomic E-state index is 12.5. The molecule has 0 spiro atoms. The molecule has 0 saturated heterocycles. The van der Waals surface area contributed by atoms with E-state index >= 15 is 0 Å². The summed E-state index contributed by atoms with van der Waals surface area (Å²) in [6.07, 6.45) is 4.09. The molecular weight excluding hydrogens is 308 g/mol. The van der Waals surface area contributed by atoms with Gasteiger partial charge < -0.3 is 9.47 Å². The van der Waals surface area contributed by atoms with Crippen molar-refractivity contribution in [3.63, 3.8) is 0 Å². The van der Waals surface area contributed by atoms with E-state index in [1.165, 1.54) is 5.56 Å². The normalized spacial score (nSPS) is 19.5. The number of ether oxygens (including phenoxy) is 2. The van der Waals surface area contributed by atoms with Gasteiger partial charge in [-0.15, -0.1) is 0 Å². The zero-order valence-corrected chi connectivity index (χ0v) is 12.6. The Balaban J connectivity index is 1.86. The molecule has 0 N–H and O–H groups in total. The second-order valence-electron chi connectivity index (χ2n) is 5.30.